The summed E-state index contributed by atoms with van der Waals surface area (Å²) in [5.41, 5.74) is 3.88. The van der Waals surface area contributed by atoms with Crippen LogP contribution < -0.4 is 4.74 Å². The Morgan fingerprint density at radius 2 is 1.67 bits per heavy atom. The van der Waals surface area contributed by atoms with Gasteiger partial charge in [0.25, 0.3) is 0 Å². The Morgan fingerprint density at radius 1 is 1.10 bits per heavy atom. The van der Waals surface area contributed by atoms with Gasteiger partial charge in [0.1, 0.15) is 5.75 Å². The molecular weight excluding hydrogens is 256 g/mol. The molecule has 4 saturated carbocycles. The van der Waals surface area contributed by atoms with Crippen LogP contribution in [0.2, 0.25) is 0 Å². The Morgan fingerprint density at radius 3 is 2.14 bits per heavy atom. The molecule has 0 N–H and O–H groups in total. The second-order valence-electron chi connectivity index (χ2n) is 7.80. The third-order valence-corrected chi connectivity index (χ3v) is 6.26. The monoisotopic (exact) mass is 281 g/mol. The van der Waals surface area contributed by atoms with Crippen LogP contribution in [0.4, 0.5) is 0 Å². The van der Waals surface area contributed by atoms with Crippen LogP contribution in [0.25, 0.3) is 5.57 Å². The second kappa shape index (κ2) is 4.63. The molecule has 0 amide bonds. The van der Waals surface area contributed by atoms with E-state index < -0.39 is 0 Å². The minimum atomic E-state index is 0.367. The molecule has 21 heavy (non-hydrogen) atoms. The van der Waals surface area contributed by atoms with E-state index >= 15 is 0 Å². The normalized spacial score (nSPS) is 36.8. The van der Waals surface area contributed by atoms with Crippen LogP contribution in [-0.2, 0) is 5.41 Å². The minimum Gasteiger partial charge on any atom is -0.496 e. The van der Waals surface area contributed by atoms with Gasteiger partial charge in [-0.05, 0) is 91.9 Å². The van der Waals surface area contributed by atoms with Crippen molar-refractivity contribution in [3.8, 4) is 5.75 Å². The Labute approximate surface area is 128 Å². The average Bonchev–Trinajstić information content (AvgIpc) is 2.45. The largest absolute Gasteiger partial charge is 0.496 e. The van der Waals surface area contributed by atoms with Crippen molar-refractivity contribution in [3.63, 3.8) is 0 Å². The molecule has 4 bridgehead atoms. The van der Waals surface area contributed by atoms with E-state index in [1.807, 2.05) is 6.92 Å². The van der Waals surface area contributed by atoms with Crippen LogP contribution in [0.3, 0.4) is 0 Å². The summed E-state index contributed by atoms with van der Waals surface area (Å²) in [4.78, 5) is 0. The van der Waals surface area contributed by atoms with Crippen LogP contribution in [0.1, 0.15) is 56.6 Å². The lowest BCUT2D eigenvalue weighted by molar-refractivity contribution is -0.00616. The predicted molar refractivity (Wildman–Crippen MR) is 86.2 cm³/mol. The first-order valence-corrected chi connectivity index (χ1v) is 8.37. The molecule has 1 radical (unpaired) electrons. The summed E-state index contributed by atoms with van der Waals surface area (Å²) >= 11 is 0. The van der Waals surface area contributed by atoms with Crippen molar-refractivity contribution in [2.75, 3.05) is 7.11 Å². The zero-order chi connectivity index (χ0) is 14.6. The van der Waals surface area contributed by atoms with Crippen molar-refractivity contribution in [3.05, 3.63) is 35.9 Å². The van der Waals surface area contributed by atoms with Gasteiger partial charge in [0.15, 0.2) is 0 Å². The van der Waals surface area contributed by atoms with E-state index in [-0.39, 0.29) is 0 Å². The maximum absolute atomic E-state index is 6.04. The van der Waals surface area contributed by atoms with Gasteiger partial charge in [0.05, 0.1) is 7.11 Å². The van der Waals surface area contributed by atoms with Crippen LogP contribution in [0.15, 0.2) is 18.2 Å². The summed E-state index contributed by atoms with van der Waals surface area (Å²) in [7, 11) is 1.80. The molecule has 4 fully saturated rings. The van der Waals surface area contributed by atoms with Gasteiger partial charge in [-0.2, -0.15) is 0 Å². The van der Waals surface area contributed by atoms with Gasteiger partial charge in [-0.25, -0.2) is 0 Å². The zero-order valence-electron chi connectivity index (χ0n) is 13.2. The van der Waals surface area contributed by atoms with E-state index in [9.17, 15) is 0 Å². The number of rotatable bonds is 3. The van der Waals surface area contributed by atoms with Gasteiger partial charge < -0.3 is 4.74 Å². The topological polar surface area (TPSA) is 9.23 Å². The number of hydrogen-bond donors (Lipinski definition) is 0. The van der Waals surface area contributed by atoms with Crippen LogP contribution in [-0.4, -0.2) is 7.11 Å². The van der Waals surface area contributed by atoms with Crippen molar-refractivity contribution in [1.29, 1.82) is 0 Å². The van der Waals surface area contributed by atoms with Crippen LogP contribution in [0.5, 0.6) is 5.75 Å². The van der Waals surface area contributed by atoms with Crippen LogP contribution in [0, 0.1) is 24.3 Å². The summed E-state index contributed by atoms with van der Waals surface area (Å²) in [6, 6.07) is 6.54. The highest BCUT2D eigenvalue weighted by Gasteiger charge is 2.52. The molecule has 0 aliphatic heterocycles. The fourth-order valence-electron chi connectivity index (χ4n) is 5.81. The Kier molecular flexibility index (Phi) is 2.96. The Bertz CT molecular complexity index is 548. The van der Waals surface area contributed by atoms with Gasteiger partial charge in [0, 0.05) is 5.56 Å². The molecule has 1 nitrogen and oxygen atoms in total. The highest BCUT2D eigenvalue weighted by Crippen LogP contribution is 2.62. The molecule has 0 aromatic heterocycles. The van der Waals surface area contributed by atoms with Crippen molar-refractivity contribution in [2.45, 2.75) is 50.9 Å². The van der Waals surface area contributed by atoms with Crippen molar-refractivity contribution >= 4 is 5.57 Å². The maximum atomic E-state index is 6.04. The highest BCUT2D eigenvalue weighted by molar-refractivity contribution is 5.63. The average molecular weight is 281 g/mol. The number of allylic oxidation sites excluding steroid dienone is 1. The number of methoxy groups -OCH3 is 1. The molecule has 0 saturated heterocycles. The predicted octanol–water partition coefficient (Wildman–Crippen LogP) is 5.00. The molecule has 5 rings (SSSR count). The molecule has 0 atom stereocenters. The van der Waals surface area contributed by atoms with E-state index in [2.05, 4.69) is 18.2 Å². The van der Waals surface area contributed by atoms with Crippen molar-refractivity contribution < 1.29 is 4.74 Å². The smallest absolute Gasteiger partial charge is 0.122 e. The molecule has 1 aromatic carbocycles. The van der Waals surface area contributed by atoms with E-state index in [1.165, 1.54) is 49.7 Å². The number of benzene rings is 1. The molecule has 0 unspecified atom stereocenters. The summed E-state index contributed by atoms with van der Waals surface area (Å²) in [6.45, 7) is 8.03. The fourth-order valence-corrected chi connectivity index (χ4v) is 5.81. The first-order chi connectivity index (χ1) is 10.1. The molecule has 1 heteroatoms. The van der Waals surface area contributed by atoms with E-state index in [0.29, 0.717) is 5.41 Å². The van der Waals surface area contributed by atoms with Gasteiger partial charge >= 0.3 is 0 Å². The third kappa shape index (κ3) is 2.05. The number of hydrogen-bond acceptors (Lipinski definition) is 1. The maximum Gasteiger partial charge on any atom is 0.122 e. The summed E-state index contributed by atoms with van der Waals surface area (Å²) in [5.74, 6) is 3.93. The van der Waals surface area contributed by atoms with Gasteiger partial charge in [-0.1, -0.05) is 12.6 Å². The third-order valence-electron chi connectivity index (χ3n) is 6.26. The van der Waals surface area contributed by atoms with Gasteiger partial charge in [-0.15, -0.1) is 0 Å². The Hall–Kier alpha value is -1.24. The first kappa shape index (κ1) is 13.4. The van der Waals surface area contributed by atoms with E-state index in [0.717, 1.165) is 29.1 Å². The van der Waals surface area contributed by atoms with Gasteiger partial charge in [-0.3, -0.25) is 0 Å². The van der Waals surface area contributed by atoms with Gasteiger partial charge in [0.2, 0.25) is 0 Å². The lowest BCUT2D eigenvalue weighted by Crippen LogP contribution is -2.48. The summed E-state index contributed by atoms with van der Waals surface area (Å²) in [5, 5.41) is 0. The quantitative estimate of drug-likeness (QED) is 0.757. The second-order valence-corrected chi connectivity index (χ2v) is 7.80. The fraction of sp³-hybridized carbons (Fsp3) is 0.600. The lowest BCUT2D eigenvalue weighted by Gasteiger charge is -2.57. The molecule has 4 aliphatic carbocycles. The van der Waals surface area contributed by atoms with E-state index in [1.54, 1.807) is 7.11 Å². The standard InChI is InChI=1S/C20H25O/c1-13(2)17-4-5-19(21-3)18(9-17)20-10-14-6-15(11-20)8-16(7-14)12-20/h1,4-5,9,14-16H,6-8,10-12H2,2-3H3. The summed E-state index contributed by atoms with van der Waals surface area (Å²) < 4.78 is 5.72. The zero-order valence-corrected chi connectivity index (χ0v) is 13.2. The SMILES string of the molecule is [CH]=C(C)c1ccc(OC)c(C23CC4CC(CC(C4)C2)C3)c1. The molecule has 1 aromatic rings. The molecule has 4 aliphatic rings. The van der Waals surface area contributed by atoms with Crippen LogP contribution >= 0.6 is 0 Å². The Balaban J connectivity index is 1.81. The van der Waals surface area contributed by atoms with E-state index in [4.69, 9.17) is 11.3 Å². The molecule has 0 spiro atoms. The highest BCUT2D eigenvalue weighted by atomic mass is 16.5. The number of ether oxygens (including phenoxy) is 1. The summed E-state index contributed by atoms with van der Waals surface area (Å²) in [6.07, 6.45) is 8.52. The van der Waals surface area contributed by atoms with Crippen molar-refractivity contribution in [2.24, 2.45) is 17.8 Å². The lowest BCUT2D eigenvalue weighted by atomic mass is 9.48. The first-order valence-electron chi connectivity index (χ1n) is 8.37. The molecule has 111 valence electrons. The molecule has 0 heterocycles. The van der Waals surface area contributed by atoms with Crippen molar-refractivity contribution in [1.82, 2.24) is 0 Å². The minimum absolute atomic E-state index is 0.367. The molecular formula is C20H25O.